The van der Waals surface area contributed by atoms with Crippen LogP contribution in [-0.4, -0.2) is 46.8 Å². The summed E-state index contributed by atoms with van der Waals surface area (Å²) in [6, 6.07) is 11.4. The lowest BCUT2D eigenvalue weighted by Crippen LogP contribution is -2.32. The minimum atomic E-state index is -2.92. The molecule has 0 saturated carbocycles. The summed E-state index contributed by atoms with van der Waals surface area (Å²) in [4.78, 5) is 0. The van der Waals surface area contributed by atoms with Crippen molar-refractivity contribution in [2.24, 2.45) is 0 Å². The number of aliphatic hydroxyl groups excluding tert-OH is 3. The smallest absolute Gasteiger partial charge is 0.119 e. The van der Waals surface area contributed by atoms with Crippen molar-refractivity contribution >= 4 is 11.6 Å². The van der Waals surface area contributed by atoms with Crippen LogP contribution >= 0.6 is 11.6 Å². The molecule has 0 unspecified atom stereocenters. The van der Waals surface area contributed by atoms with Crippen molar-refractivity contribution in [2.45, 2.75) is 37.7 Å². The lowest BCUT2D eigenvalue weighted by molar-refractivity contribution is -0.0227. The molecule has 140 valence electrons. The highest BCUT2D eigenvalue weighted by atomic mass is 35.5. The van der Waals surface area contributed by atoms with Gasteiger partial charge in [-0.05, 0) is 48.2 Å². The first-order valence-electron chi connectivity index (χ1n) is 10.6. The van der Waals surface area contributed by atoms with Crippen LogP contribution in [0.5, 0.6) is 5.75 Å². The van der Waals surface area contributed by atoms with E-state index < -0.39 is 44.4 Å². The maximum Gasteiger partial charge on any atom is 0.119 e. The molecular formula is C20H23ClO5. The van der Waals surface area contributed by atoms with Crippen LogP contribution in [-0.2, 0) is 11.2 Å². The Morgan fingerprint density at radius 3 is 2.62 bits per heavy atom. The molecule has 0 spiro atoms. The minimum Gasteiger partial charge on any atom is -0.494 e. The van der Waals surface area contributed by atoms with Crippen molar-refractivity contribution in [3.63, 3.8) is 0 Å². The molecule has 1 heterocycles. The number of benzene rings is 2. The summed E-state index contributed by atoms with van der Waals surface area (Å²) in [7, 11) is 0. The lowest BCUT2D eigenvalue weighted by Gasteiger charge is -2.17. The molecule has 3 N–H and O–H groups in total. The van der Waals surface area contributed by atoms with E-state index in [0.29, 0.717) is 17.0 Å². The minimum absolute atomic E-state index is 0.0798. The fourth-order valence-electron chi connectivity index (χ4n) is 3.04. The maximum atomic E-state index is 10.2. The van der Waals surface area contributed by atoms with Crippen molar-refractivity contribution in [3.8, 4) is 5.75 Å². The molecule has 0 bridgehead atoms. The maximum absolute atomic E-state index is 10.2. The zero-order valence-corrected chi connectivity index (χ0v) is 14.6. The monoisotopic (exact) mass is 383 g/mol. The third-order valence-electron chi connectivity index (χ3n) is 4.43. The molecule has 2 aromatic carbocycles. The van der Waals surface area contributed by atoms with Crippen molar-refractivity contribution in [3.05, 3.63) is 64.2 Å². The Kier molecular flexibility index (Phi) is 4.36. The van der Waals surface area contributed by atoms with Gasteiger partial charge in [0.15, 0.2) is 0 Å². The molecule has 0 aromatic heterocycles. The summed E-state index contributed by atoms with van der Waals surface area (Å²) in [6.45, 7) is -6.15. The Morgan fingerprint density at radius 1 is 1.19 bits per heavy atom. The van der Waals surface area contributed by atoms with Crippen molar-refractivity contribution < 1.29 is 31.6 Å². The molecule has 2 aromatic rings. The van der Waals surface area contributed by atoms with Crippen molar-refractivity contribution in [1.82, 2.24) is 0 Å². The van der Waals surface area contributed by atoms with Gasteiger partial charge in [-0.1, -0.05) is 35.9 Å². The van der Waals surface area contributed by atoms with Gasteiger partial charge in [0.2, 0.25) is 0 Å². The van der Waals surface area contributed by atoms with Crippen LogP contribution in [0.15, 0.2) is 42.5 Å². The predicted octanol–water partition coefficient (Wildman–Crippen LogP) is 2.48. The molecule has 0 radical (unpaired) electrons. The molecule has 3 rings (SSSR count). The molecule has 0 aliphatic carbocycles. The third-order valence-corrected chi connectivity index (χ3v) is 4.80. The van der Waals surface area contributed by atoms with E-state index in [1.165, 1.54) is 12.1 Å². The van der Waals surface area contributed by atoms with Gasteiger partial charge in [-0.2, -0.15) is 0 Å². The summed E-state index contributed by atoms with van der Waals surface area (Å²) < 4.78 is 47.2. The van der Waals surface area contributed by atoms with Crippen molar-refractivity contribution in [1.29, 1.82) is 0 Å². The molecule has 1 saturated heterocycles. The van der Waals surface area contributed by atoms with Gasteiger partial charge in [-0.3, -0.25) is 0 Å². The van der Waals surface area contributed by atoms with Crippen LogP contribution in [0.2, 0.25) is 5.02 Å². The number of hydrogen-bond donors (Lipinski definition) is 3. The Hall–Kier alpha value is -1.63. The van der Waals surface area contributed by atoms with E-state index in [1.807, 2.05) is 0 Å². The van der Waals surface area contributed by atoms with Gasteiger partial charge in [-0.15, -0.1) is 0 Å². The number of rotatable bonds is 6. The fourth-order valence-corrected chi connectivity index (χ4v) is 3.22. The van der Waals surface area contributed by atoms with Gasteiger partial charge in [0.1, 0.15) is 30.2 Å². The zero-order valence-electron chi connectivity index (χ0n) is 18.8. The highest BCUT2D eigenvalue weighted by molar-refractivity contribution is 6.31. The second-order valence-electron chi connectivity index (χ2n) is 6.13. The molecule has 1 aliphatic heterocycles. The van der Waals surface area contributed by atoms with Gasteiger partial charge in [0, 0.05) is 9.13 Å². The fraction of sp³-hybridized carbons (Fsp3) is 0.400. The van der Waals surface area contributed by atoms with E-state index in [2.05, 4.69) is 0 Å². The van der Waals surface area contributed by atoms with Crippen LogP contribution < -0.4 is 4.74 Å². The number of halogens is 1. The Bertz CT molecular complexity index is 906. The van der Waals surface area contributed by atoms with Crippen LogP contribution in [0.25, 0.3) is 0 Å². The van der Waals surface area contributed by atoms with Gasteiger partial charge < -0.3 is 24.8 Å². The van der Waals surface area contributed by atoms with Gasteiger partial charge >= 0.3 is 0 Å². The molecule has 4 atom stereocenters. The SMILES string of the molecule is [2H]C([2H])([2H])C([2H])([2H])Oc1ccc(Cc2cc([C@@H]3O[C@H](CO)[C@@H](O)[C@H]3O)ccc2Cl)cc1. The van der Waals surface area contributed by atoms with Crippen LogP contribution in [0, 0.1) is 0 Å². The Morgan fingerprint density at radius 2 is 1.96 bits per heavy atom. The first kappa shape index (κ1) is 13.5. The number of ether oxygens (including phenoxy) is 2. The standard InChI is InChI=1S/C20H23ClO5/c1-2-25-15-6-3-12(4-7-15)9-14-10-13(5-8-16(14)21)20-19(24)18(23)17(11-22)26-20/h3-8,10,17-20,22-24H,2,9,11H2,1H3/t17-,18-,19-,20+/m1/s1/i1D3,2D2. The highest BCUT2D eigenvalue weighted by Gasteiger charge is 2.43. The van der Waals surface area contributed by atoms with Crippen LogP contribution in [0.1, 0.15) is 36.5 Å². The quantitative estimate of drug-likeness (QED) is 0.714. The van der Waals surface area contributed by atoms with Crippen LogP contribution in [0.4, 0.5) is 0 Å². The molecule has 0 amide bonds. The van der Waals surface area contributed by atoms with E-state index in [-0.39, 0.29) is 5.75 Å². The second-order valence-corrected chi connectivity index (χ2v) is 6.54. The Balaban J connectivity index is 1.75. The molecule has 5 nitrogen and oxygen atoms in total. The highest BCUT2D eigenvalue weighted by Crippen LogP contribution is 2.35. The topological polar surface area (TPSA) is 79.2 Å². The second kappa shape index (κ2) is 8.37. The zero-order chi connectivity index (χ0) is 23.0. The summed E-state index contributed by atoms with van der Waals surface area (Å²) in [5.74, 6) is 0.0798. The average Bonchev–Trinajstić information content (AvgIpc) is 2.98. The molecule has 1 fully saturated rings. The van der Waals surface area contributed by atoms with E-state index >= 15 is 0 Å². The predicted molar refractivity (Wildman–Crippen MR) is 98.6 cm³/mol. The van der Waals surface area contributed by atoms with Gasteiger partial charge in [-0.25, -0.2) is 0 Å². The van der Waals surface area contributed by atoms with Crippen molar-refractivity contribution in [2.75, 3.05) is 13.2 Å². The van der Waals surface area contributed by atoms with Crippen LogP contribution in [0.3, 0.4) is 0 Å². The van der Waals surface area contributed by atoms with E-state index in [4.69, 9.17) is 27.9 Å². The first-order chi connectivity index (χ1) is 14.4. The first-order valence-corrected chi connectivity index (χ1v) is 8.49. The summed E-state index contributed by atoms with van der Waals surface area (Å²) in [5, 5.41) is 30.0. The molecule has 6 heteroatoms. The number of hydrogen-bond acceptors (Lipinski definition) is 5. The normalized spacial score (nSPS) is 29.3. The van der Waals surface area contributed by atoms with E-state index in [9.17, 15) is 15.3 Å². The Labute approximate surface area is 164 Å². The summed E-state index contributed by atoms with van der Waals surface area (Å²) in [6.07, 6.45) is -3.66. The lowest BCUT2D eigenvalue weighted by atomic mass is 9.97. The largest absolute Gasteiger partial charge is 0.494 e. The molecular weight excluding hydrogens is 356 g/mol. The summed E-state index contributed by atoms with van der Waals surface area (Å²) in [5.41, 5.74) is 2.14. The number of aliphatic hydroxyl groups is 3. The molecule has 1 aliphatic rings. The van der Waals surface area contributed by atoms with Gasteiger partial charge in [0.05, 0.1) is 15.9 Å². The molecule has 26 heavy (non-hydrogen) atoms. The van der Waals surface area contributed by atoms with E-state index in [1.54, 1.807) is 30.3 Å². The van der Waals surface area contributed by atoms with Gasteiger partial charge in [0.25, 0.3) is 0 Å². The van der Waals surface area contributed by atoms with E-state index in [0.717, 1.165) is 11.1 Å². The third kappa shape index (κ3) is 4.03. The summed E-state index contributed by atoms with van der Waals surface area (Å²) >= 11 is 6.31. The average molecular weight is 384 g/mol.